The van der Waals surface area contributed by atoms with Crippen LogP contribution in [-0.2, 0) is 13.0 Å². The standard InChI is InChI=1S/C23H27N3/c1-18(15-24-16-19-9-4-2-5-10-19)21-13-8-14-23-22(21)17-25-26(23)20-11-6-3-7-12-20/h2-7,9-12,17-18,21,24H,8,13-16H2,1H3. The molecule has 2 unspecified atom stereocenters. The molecule has 4 rings (SSSR count). The largest absolute Gasteiger partial charge is 0.312 e. The maximum absolute atomic E-state index is 4.72. The molecule has 3 nitrogen and oxygen atoms in total. The van der Waals surface area contributed by atoms with E-state index in [4.69, 9.17) is 5.10 Å². The van der Waals surface area contributed by atoms with Crippen LogP contribution in [0.5, 0.6) is 0 Å². The summed E-state index contributed by atoms with van der Waals surface area (Å²) in [7, 11) is 0. The Morgan fingerprint density at radius 3 is 2.58 bits per heavy atom. The average Bonchev–Trinajstić information content (AvgIpc) is 3.13. The molecular formula is C23H27N3. The zero-order valence-corrected chi connectivity index (χ0v) is 15.4. The molecule has 1 aromatic heterocycles. The highest BCUT2D eigenvalue weighted by Crippen LogP contribution is 2.37. The monoisotopic (exact) mass is 345 g/mol. The fourth-order valence-corrected chi connectivity index (χ4v) is 4.16. The normalized spacial score (nSPS) is 17.7. The summed E-state index contributed by atoms with van der Waals surface area (Å²) in [6.45, 7) is 4.35. The zero-order chi connectivity index (χ0) is 17.8. The smallest absolute Gasteiger partial charge is 0.0648 e. The van der Waals surface area contributed by atoms with Crippen molar-refractivity contribution in [2.24, 2.45) is 5.92 Å². The predicted molar refractivity (Wildman–Crippen MR) is 107 cm³/mol. The van der Waals surface area contributed by atoms with E-state index in [1.54, 1.807) is 0 Å². The Labute approximate surface area is 156 Å². The molecule has 2 atom stereocenters. The average molecular weight is 345 g/mol. The molecule has 1 N–H and O–H groups in total. The molecule has 0 saturated heterocycles. The van der Waals surface area contributed by atoms with Gasteiger partial charge in [0.25, 0.3) is 0 Å². The Morgan fingerprint density at radius 1 is 1.08 bits per heavy atom. The number of benzene rings is 2. The highest BCUT2D eigenvalue weighted by molar-refractivity contribution is 5.37. The topological polar surface area (TPSA) is 29.9 Å². The first-order chi connectivity index (χ1) is 12.8. The van der Waals surface area contributed by atoms with Gasteiger partial charge in [0.15, 0.2) is 0 Å². The Kier molecular flexibility index (Phi) is 5.16. The van der Waals surface area contributed by atoms with Crippen molar-refractivity contribution >= 4 is 0 Å². The van der Waals surface area contributed by atoms with E-state index >= 15 is 0 Å². The van der Waals surface area contributed by atoms with Gasteiger partial charge in [-0.25, -0.2) is 4.68 Å². The Bertz CT molecular complexity index is 823. The Hall–Kier alpha value is -2.39. The summed E-state index contributed by atoms with van der Waals surface area (Å²) in [6, 6.07) is 21.1. The summed E-state index contributed by atoms with van der Waals surface area (Å²) >= 11 is 0. The fourth-order valence-electron chi connectivity index (χ4n) is 4.16. The summed E-state index contributed by atoms with van der Waals surface area (Å²) in [5, 5.41) is 8.37. The minimum atomic E-state index is 0.597. The number of nitrogens with zero attached hydrogens (tertiary/aromatic N) is 2. The molecule has 0 fully saturated rings. The number of para-hydroxylation sites is 1. The molecule has 0 bridgehead atoms. The Morgan fingerprint density at radius 2 is 1.81 bits per heavy atom. The first kappa shape index (κ1) is 17.0. The number of rotatable bonds is 6. The predicted octanol–water partition coefficient (Wildman–Crippen LogP) is 4.72. The minimum absolute atomic E-state index is 0.597. The first-order valence-corrected chi connectivity index (χ1v) is 9.70. The van der Waals surface area contributed by atoms with Gasteiger partial charge in [0, 0.05) is 12.2 Å². The summed E-state index contributed by atoms with van der Waals surface area (Å²) in [6.07, 6.45) is 5.76. The van der Waals surface area contributed by atoms with E-state index in [0.717, 1.165) is 19.5 Å². The van der Waals surface area contributed by atoms with Crippen LogP contribution in [-0.4, -0.2) is 16.3 Å². The van der Waals surface area contributed by atoms with E-state index in [1.807, 2.05) is 0 Å². The molecule has 26 heavy (non-hydrogen) atoms. The van der Waals surface area contributed by atoms with Gasteiger partial charge in [-0.15, -0.1) is 0 Å². The summed E-state index contributed by atoms with van der Waals surface area (Å²) in [5.41, 5.74) is 5.38. The van der Waals surface area contributed by atoms with Gasteiger partial charge in [-0.3, -0.25) is 0 Å². The van der Waals surface area contributed by atoms with Crippen LogP contribution in [0.2, 0.25) is 0 Å². The lowest BCUT2D eigenvalue weighted by atomic mass is 9.79. The van der Waals surface area contributed by atoms with Crippen molar-refractivity contribution in [2.75, 3.05) is 6.54 Å². The minimum Gasteiger partial charge on any atom is -0.312 e. The van der Waals surface area contributed by atoms with E-state index in [9.17, 15) is 0 Å². The Balaban J connectivity index is 1.45. The number of fused-ring (bicyclic) bond motifs is 1. The summed E-state index contributed by atoms with van der Waals surface area (Å²) in [4.78, 5) is 0. The van der Waals surface area contributed by atoms with Crippen LogP contribution >= 0.6 is 0 Å². The van der Waals surface area contributed by atoms with Gasteiger partial charge >= 0.3 is 0 Å². The second-order valence-electron chi connectivity index (χ2n) is 7.39. The van der Waals surface area contributed by atoms with E-state index in [-0.39, 0.29) is 0 Å². The van der Waals surface area contributed by atoms with Crippen molar-refractivity contribution < 1.29 is 0 Å². The molecule has 3 aromatic rings. The maximum Gasteiger partial charge on any atom is 0.0648 e. The molecular weight excluding hydrogens is 318 g/mol. The summed E-state index contributed by atoms with van der Waals surface area (Å²) < 4.78 is 2.14. The third-order valence-electron chi connectivity index (χ3n) is 5.56. The van der Waals surface area contributed by atoms with Gasteiger partial charge in [-0.2, -0.15) is 5.10 Å². The molecule has 134 valence electrons. The molecule has 0 spiro atoms. The molecule has 1 heterocycles. The number of hydrogen-bond donors (Lipinski definition) is 1. The molecule has 1 aliphatic rings. The van der Waals surface area contributed by atoms with Gasteiger partial charge in [-0.1, -0.05) is 55.5 Å². The molecule has 1 aliphatic carbocycles. The second kappa shape index (κ2) is 7.88. The van der Waals surface area contributed by atoms with E-state index in [1.165, 1.54) is 35.3 Å². The fraction of sp³-hybridized carbons (Fsp3) is 0.348. The van der Waals surface area contributed by atoms with E-state index in [2.05, 4.69) is 83.8 Å². The molecule has 3 heteroatoms. The second-order valence-corrected chi connectivity index (χ2v) is 7.39. The molecule has 2 aromatic carbocycles. The van der Waals surface area contributed by atoms with Crippen molar-refractivity contribution in [3.63, 3.8) is 0 Å². The lowest BCUT2D eigenvalue weighted by Gasteiger charge is -2.28. The van der Waals surface area contributed by atoms with Crippen LogP contribution in [0.1, 0.15) is 42.5 Å². The van der Waals surface area contributed by atoms with Crippen LogP contribution in [0.15, 0.2) is 66.9 Å². The zero-order valence-electron chi connectivity index (χ0n) is 15.4. The van der Waals surface area contributed by atoms with Gasteiger partial charge in [0.1, 0.15) is 0 Å². The molecule has 0 amide bonds. The van der Waals surface area contributed by atoms with Gasteiger partial charge in [0.05, 0.1) is 11.9 Å². The van der Waals surface area contributed by atoms with Gasteiger partial charge in [-0.05, 0) is 60.9 Å². The third kappa shape index (κ3) is 3.58. The van der Waals surface area contributed by atoms with Crippen molar-refractivity contribution in [1.82, 2.24) is 15.1 Å². The van der Waals surface area contributed by atoms with Crippen molar-refractivity contribution in [2.45, 2.75) is 38.6 Å². The van der Waals surface area contributed by atoms with Crippen LogP contribution in [0.3, 0.4) is 0 Å². The SMILES string of the molecule is CC(CNCc1ccccc1)C1CCCc2c1cnn2-c1ccccc1. The quantitative estimate of drug-likeness (QED) is 0.701. The van der Waals surface area contributed by atoms with Crippen molar-refractivity contribution in [3.8, 4) is 5.69 Å². The van der Waals surface area contributed by atoms with Crippen LogP contribution in [0.25, 0.3) is 5.69 Å². The van der Waals surface area contributed by atoms with Gasteiger partial charge in [0.2, 0.25) is 0 Å². The number of aromatic nitrogens is 2. The van der Waals surface area contributed by atoms with Crippen LogP contribution < -0.4 is 5.32 Å². The lowest BCUT2D eigenvalue weighted by Crippen LogP contribution is -2.27. The maximum atomic E-state index is 4.72. The highest BCUT2D eigenvalue weighted by Gasteiger charge is 2.28. The van der Waals surface area contributed by atoms with Crippen molar-refractivity contribution in [1.29, 1.82) is 0 Å². The van der Waals surface area contributed by atoms with Gasteiger partial charge < -0.3 is 5.32 Å². The third-order valence-corrected chi connectivity index (χ3v) is 5.56. The van der Waals surface area contributed by atoms with Crippen molar-refractivity contribution in [3.05, 3.63) is 83.7 Å². The molecule has 0 aliphatic heterocycles. The molecule has 0 radical (unpaired) electrons. The molecule has 0 saturated carbocycles. The summed E-state index contributed by atoms with van der Waals surface area (Å²) in [5.74, 6) is 1.20. The van der Waals surface area contributed by atoms with Crippen LogP contribution in [0, 0.1) is 5.92 Å². The van der Waals surface area contributed by atoms with E-state index < -0.39 is 0 Å². The lowest BCUT2D eigenvalue weighted by molar-refractivity contribution is 0.383. The first-order valence-electron chi connectivity index (χ1n) is 9.70. The van der Waals surface area contributed by atoms with Crippen LogP contribution in [0.4, 0.5) is 0 Å². The highest BCUT2D eigenvalue weighted by atomic mass is 15.3. The number of hydrogen-bond acceptors (Lipinski definition) is 2. The number of nitrogens with one attached hydrogen (secondary N) is 1. The van der Waals surface area contributed by atoms with E-state index in [0.29, 0.717) is 11.8 Å².